The predicted molar refractivity (Wildman–Crippen MR) is 106 cm³/mol. The lowest BCUT2D eigenvalue weighted by atomic mass is 9.94. The Balaban J connectivity index is 1.83. The molecule has 2 heterocycles. The Morgan fingerprint density at radius 1 is 1.19 bits per heavy atom. The van der Waals surface area contributed by atoms with Gasteiger partial charge >= 0.3 is 0 Å². The molecule has 1 saturated heterocycles. The van der Waals surface area contributed by atoms with E-state index in [0.29, 0.717) is 11.3 Å². The number of hydrogen-bond donors (Lipinski definition) is 1. The summed E-state index contributed by atoms with van der Waals surface area (Å²) in [5, 5.41) is 0. The Morgan fingerprint density at radius 3 is 2.77 bits per heavy atom. The molecule has 0 spiro atoms. The number of rotatable bonds is 4. The third-order valence-electron chi connectivity index (χ3n) is 4.62. The van der Waals surface area contributed by atoms with Crippen molar-refractivity contribution in [1.82, 2.24) is 4.98 Å². The van der Waals surface area contributed by atoms with Crippen molar-refractivity contribution < 1.29 is 9.53 Å². The smallest absolute Gasteiger partial charge is 0.152 e. The van der Waals surface area contributed by atoms with E-state index in [1.807, 2.05) is 6.07 Å². The fourth-order valence-corrected chi connectivity index (χ4v) is 3.97. The Labute approximate surface area is 156 Å². The first-order chi connectivity index (χ1) is 12.8. The topological polar surface area (TPSA) is 68.5 Å². The van der Waals surface area contributed by atoms with E-state index in [1.165, 1.54) is 17.0 Å². The summed E-state index contributed by atoms with van der Waals surface area (Å²) in [6.45, 7) is 3.27. The number of aromatic nitrogens is 1. The molecule has 0 aliphatic carbocycles. The van der Waals surface area contributed by atoms with Crippen LogP contribution in [-0.4, -0.2) is 37.6 Å². The summed E-state index contributed by atoms with van der Waals surface area (Å²) in [5.41, 5.74) is 13.2. The number of nitrogens with zero attached hydrogens (tertiary/aromatic N) is 2. The zero-order chi connectivity index (χ0) is 17.9. The third kappa shape index (κ3) is 3.09. The van der Waals surface area contributed by atoms with E-state index in [1.54, 1.807) is 17.8 Å². The molecule has 132 valence electrons. The molecular formula is C20H19N3O2S. The lowest BCUT2D eigenvalue weighted by Gasteiger charge is -2.29. The Bertz CT molecular complexity index is 919. The number of carbonyl (C=O) groups is 1. The molecule has 0 unspecified atom stereocenters. The molecule has 4 rings (SSSR count). The van der Waals surface area contributed by atoms with Gasteiger partial charge in [0.15, 0.2) is 6.29 Å². The fraction of sp³-hybridized carbons (Fsp3) is 0.200. The second kappa shape index (κ2) is 7.27. The number of nitrogen functional groups attached to an aromatic ring is 1. The maximum Gasteiger partial charge on any atom is 0.152 e. The molecule has 2 N–H and O–H groups in total. The number of nitrogens with two attached hydrogens (primary N) is 1. The van der Waals surface area contributed by atoms with Gasteiger partial charge in [0, 0.05) is 36.1 Å². The van der Waals surface area contributed by atoms with E-state index in [2.05, 4.69) is 34.1 Å². The zero-order valence-electron chi connectivity index (χ0n) is 14.2. The van der Waals surface area contributed by atoms with Crippen LogP contribution in [0.15, 0.2) is 48.1 Å². The summed E-state index contributed by atoms with van der Waals surface area (Å²) in [5.74, 6) is 0. The minimum absolute atomic E-state index is 0.499. The van der Waals surface area contributed by atoms with Crippen molar-refractivity contribution in [2.45, 2.75) is 0 Å². The molecule has 0 atom stereocenters. The first-order valence-electron chi connectivity index (χ1n) is 8.47. The first kappa shape index (κ1) is 16.8. The van der Waals surface area contributed by atoms with Crippen LogP contribution in [0.4, 0.5) is 11.4 Å². The van der Waals surface area contributed by atoms with E-state index in [4.69, 9.17) is 10.5 Å². The molecule has 6 heteroatoms. The highest BCUT2D eigenvalue weighted by Crippen LogP contribution is 2.40. The minimum atomic E-state index is 0.499. The second-order valence-corrected chi connectivity index (χ2v) is 7.01. The lowest BCUT2D eigenvalue weighted by molar-refractivity contribution is 0.112. The molecule has 1 fully saturated rings. The number of ether oxygens (including phenoxy) is 1. The number of morpholine rings is 1. The number of thiazole rings is 1. The van der Waals surface area contributed by atoms with Crippen LogP contribution in [0.1, 0.15) is 10.4 Å². The number of carbonyl (C=O) groups excluding carboxylic acids is 1. The molecule has 26 heavy (non-hydrogen) atoms. The summed E-state index contributed by atoms with van der Waals surface area (Å²) in [6.07, 6.45) is 2.59. The highest BCUT2D eigenvalue weighted by Gasteiger charge is 2.17. The van der Waals surface area contributed by atoms with Crippen molar-refractivity contribution in [3.63, 3.8) is 0 Å². The number of aldehydes is 1. The third-order valence-corrected chi connectivity index (χ3v) is 5.41. The number of benzene rings is 2. The molecule has 1 aromatic heterocycles. The van der Waals surface area contributed by atoms with Gasteiger partial charge in [0.1, 0.15) is 0 Å². The highest BCUT2D eigenvalue weighted by atomic mass is 32.1. The molecule has 5 nitrogen and oxygen atoms in total. The molecule has 2 aromatic carbocycles. The van der Waals surface area contributed by atoms with Crippen molar-refractivity contribution in [1.29, 1.82) is 0 Å². The first-order valence-corrected chi connectivity index (χ1v) is 9.35. The standard InChI is InChI=1S/C20H19N3O2S/c21-20-15(12-24)4-5-17(19(20)18-11-22-13-26-18)14-2-1-3-16(10-14)23-6-8-25-9-7-23/h1-5,10-13H,6-9,21H2. The summed E-state index contributed by atoms with van der Waals surface area (Å²) in [4.78, 5) is 18.8. The van der Waals surface area contributed by atoms with Gasteiger partial charge in [0.25, 0.3) is 0 Å². The van der Waals surface area contributed by atoms with Crippen LogP contribution < -0.4 is 10.6 Å². The van der Waals surface area contributed by atoms with Crippen LogP contribution in [0.25, 0.3) is 21.6 Å². The van der Waals surface area contributed by atoms with Crippen LogP contribution in [0, 0.1) is 0 Å². The largest absolute Gasteiger partial charge is 0.398 e. The number of hydrogen-bond acceptors (Lipinski definition) is 6. The van der Waals surface area contributed by atoms with Gasteiger partial charge in [0.05, 0.1) is 29.3 Å². The van der Waals surface area contributed by atoms with Gasteiger partial charge in [0.2, 0.25) is 0 Å². The molecule has 1 aliphatic rings. The van der Waals surface area contributed by atoms with Crippen LogP contribution >= 0.6 is 11.3 Å². The average Bonchev–Trinajstić information content (AvgIpc) is 3.23. The van der Waals surface area contributed by atoms with Crippen molar-refractivity contribution in [3.8, 4) is 21.6 Å². The van der Waals surface area contributed by atoms with E-state index in [-0.39, 0.29) is 0 Å². The molecular weight excluding hydrogens is 346 g/mol. The van der Waals surface area contributed by atoms with E-state index >= 15 is 0 Å². The molecule has 0 saturated carbocycles. The quantitative estimate of drug-likeness (QED) is 0.564. The molecule has 0 amide bonds. The van der Waals surface area contributed by atoms with E-state index in [0.717, 1.165) is 54.2 Å². The van der Waals surface area contributed by atoms with E-state index in [9.17, 15) is 4.79 Å². The van der Waals surface area contributed by atoms with Gasteiger partial charge in [-0.25, -0.2) is 0 Å². The van der Waals surface area contributed by atoms with Gasteiger partial charge < -0.3 is 15.4 Å². The summed E-state index contributed by atoms with van der Waals surface area (Å²) in [7, 11) is 0. The monoisotopic (exact) mass is 365 g/mol. The fourth-order valence-electron chi connectivity index (χ4n) is 3.28. The average molecular weight is 365 g/mol. The maximum absolute atomic E-state index is 11.3. The van der Waals surface area contributed by atoms with Crippen molar-refractivity contribution in [2.24, 2.45) is 0 Å². The van der Waals surface area contributed by atoms with Gasteiger partial charge in [-0.1, -0.05) is 18.2 Å². The summed E-state index contributed by atoms with van der Waals surface area (Å²) in [6, 6.07) is 12.2. The van der Waals surface area contributed by atoms with Crippen LogP contribution in [0.5, 0.6) is 0 Å². The predicted octanol–water partition coefficient (Wildman–Crippen LogP) is 3.71. The van der Waals surface area contributed by atoms with Gasteiger partial charge in [-0.3, -0.25) is 9.78 Å². The van der Waals surface area contributed by atoms with Gasteiger partial charge in [-0.15, -0.1) is 11.3 Å². The minimum Gasteiger partial charge on any atom is -0.398 e. The Morgan fingerprint density at radius 2 is 2.04 bits per heavy atom. The van der Waals surface area contributed by atoms with Crippen LogP contribution in [0.3, 0.4) is 0 Å². The zero-order valence-corrected chi connectivity index (χ0v) is 15.0. The van der Waals surface area contributed by atoms with E-state index < -0.39 is 0 Å². The molecule has 1 aliphatic heterocycles. The van der Waals surface area contributed by atoms with Crippen molar-refractivity contribution in [2.75, 3.05) is 36.9 Å². The van der Waals surface area contributed by atoms with Crippen LogP contribution in [0.2, 0.25) is 0 Å². The SMILES string of the molecule is Nc1c(C=O)ccc(-c2cccc(N3CCOCC3)c2)c1-c1cncs1. The molecule has 3 aromatic rings. The van der Waals surface area contributed by atoms with Crippen molar-refractivity contribution in [3.05, 3.63) is 53.7 Å². The molecule has 0 radical (unpaired) electrons. The van der Waals surface area contributed by atoms with Crippen LogP contribution in [-0.2, 0) is 4.74 Å². The Hall–Kier alpha value is -2.70. The lowest BCUT2D eigenvalue weighted by Crippen LogP contribution is -2.36. The normalized spacial score (nSPS) is 14.4. The highest BCUT2D eigenvalue weighted by molar-refractivity contribution is 7.13. The van der Waals surface area contributed by atoms with Crippen molar-refractivity contribution >= 4 is 29.0 Å². The maximum atomic E-state index is 11.3. The molecule has 0 bridgehead atoms. The van der Waals surface area contributed by atoms with Gasteiger partial charge in [-0.05, 0) is 29.3 Å². The summed E-state index contributed by atoms with van der Waals surface area (Å²) >= 11 is 1.52. The number of anilines is 2. The Kier molecular flexibility index (Phi) is 4.69. The second-order valence-electron chi connectivity index (χ2n) is 6.12. The summed E-state index contributed by atoms with van der Waals surface area (Å²) < 4.78 is 5.45. The van der Waals surface area contributed by atoms with Gasteiger partial charge in [-0.2, -0.15) is 0 Å².